The molecule has 2 aromatic heterocycles. The Morgan fingerprint density at radius 1 is 1.08 bits per heavy atom. The molecule has 1 atom stereocenters. The number of nitrogens with two attached hydrogens (primary N) is 2. The van der Waals surface area contributed by atoms with Gasteiger partial charge in [-0.25, -0.2) is 8.42 Å². The van der Waals surface area contributed by atoms with Gasteiger partial charge >= 0.3 is 11.9 Å². The largest absolute Gasteiger partial charge is 0.492 e. The summed E-state index contributed by atoms with van der Waals surface area (Å²) in [6.45, 7) is 0.222. The Hall–Kier alpha value is -4.43. The number of fused-ring (bicyclic) bond motifs is 1. The van der Waals surface area contributed by atoms with Crippen molar-refractivity contribution in [2.24, 2.45) is 11.5 Å². The monoisotopic (exact) mass is 531 g/mol. The van der Waals surface area contributed by atoms with Crippen molar-refractivity contribution in [2.45, 2.75) is 17.4 Å². The van der Waals surface area contributed by atoms with Crippen LogP contribution in [0.1, 0.15) is 16.8 Å². The number of carboxylic acids is 1. The molecule has 1 amide bonds. The predicted octanol–water partition coefficient (Wildman–Crippen LogP) is -2.42. The number of pyridine rings is 2. The maximum Gasteiger partial charge on any atom is 0.338 e. The van der Waals surface area contributed by atoms with E-state index in [1.165, 1.54) is 47.0 Å². The van der Waals surface area contributed by atoms with Gasteiger partial charge in [0, 0.05) is 18.5 Å². The number of benzene rings is 1. The van der Waals surface area contributed by atoms with E-state index in [0.29, 0.717) is 30.8 Å². The molecule has 0 radical (unpaired) electrons. The van der Waals surface area contributed by atoms with Gasteiger partial charge in [0.05, 0.1) is 24.2 Å². The molecule has 0 bridgehead atoms. The van der Waals surface area contributed by atoms with Crippen molar-refractivity contribution < 1.29 is 32.8 Å². The zero-order chi connectivity index (χ0) is 27.0. The molecular weight excluding hydrogens is 504 g/mol. The van der Waals surface area contributed by atoms with Crippen LogP contribution in [0.4, 0.5) is 0 Å². The van der Waals surface area contributed by atoms with Gasteiger partial charge in [-0.3, -0.25) is 35.2 Å². The molecule has 0 saturated carbocycles. The van der Waals surface area contributed by atoms with Gasteiger partial charge in [0.1, 0.15) is 17.4 Å². The minimum atomic E-state index is -4.15. The normalized spacial score (nSPS) is 12.0. The maximum absolute atomic E-state index is 12.9. The highest BCUT2D eigenvalue weighted by Gasteiger charge is 2.26. The van der Waals surface area contributed by atoms with E-state index >= 15 is 0 Å². The lowest BCUT2D eigenvalue weighted by Gasteiger charge is -2.16. The second kappa shape index (κ2) is 12.0. The van der Waals surface area contributed by atoms with Crippen molar-refractivity contribution in [3.05, 3.63) is 76.7 Å². The number of hydrogen-bond donors (Lipinski definition) is 6. The molecule has 196 valence electrons. The number of carbonyl (C=O) groups is 2. The fourth-order valence-electron chi connectivity index (χ4n) is 3.25. The van der Waals surface area contributed by atoms with Crippen molar-refractivity contribution in [1.82, 2.24) is 14.4 Å². The average molecular weight is 532 g/mol. The average Bonchev–Trinajstić information content (AvgIpc) is 2.86. The lowest BCUT2D eigenvalue weighted by molar-refractivity contribution is -0.460. The molecule has 0 fully saturated rings. The number of rotatable bonds is 12. The van der Waals surface area contributed by atoms with Crippen molar-refractivity contribution in [1.29, 1.82) is 0 Å². The van der Waals surface area contributed by atoms with Crippen LogP contribution in [0, 0.1) is 0 Å². The highest BCUT2D eigenvalue weighted by molar-refractivity contribution is 7.89. The van der Waals surface area contributed by atoms with Crippen LogP contribution in [0.25, 0.3) is 5.52 Å². The molecule has 3 aromatic rings. The first-order valence-electron chi connectivity index (χ1n) is 11.1. The minimum Gasteiger partial charge on any atom is -0.492 e. The number of sulfonamides is 1. The summed E-state index contributed by atoms with van der Waals surface area (Å²) in [5.41, 5.74) is 10.2. The van der Waals surface area contributed by atoms with E-state index in [4.69, 9.17) is 16.2 Å². The van der Waals surface area contributed by atoms with Gasteiger partial charge in [0.2, 0.25) is 10.0 Å². The highest BCUT2D eigenvalue weighted by atomic mass is 32.2. The van der Waals surface area contributed by atoms with Gasteiger partial charge in [-0.2, -0.15) is 4.72 Å². The Kier molecular flexibility index (Phi) is 8.81. The molecule has 8 N–H and O–H groups in total. The van der Waals surface area contributed by atoms with E-state index < -0.39 is 40.0 Å². The number of guanidine groups is 1. The van der Waals surface area contributed by atoms with Gasteiger partial charge in [0.15, 0.2) is 0 Å². The molecule has 2 heterocycles. The van der Waals surface area contributed by atoms with Gasteiger partial charge < -0.3 is 15.2 Å². The fraction of sp³-hybridized carbons (Fsp3) is 0.217. The van der Waals surface area contributed by atoms with Gasteiger partial charge in [-0.1, -0.05) is 18.2 Å². The van der Waals surface area contributed by atoms with E-state index in [9.17, 15) is 27.9 Å². The van der Waals surface area contributed by atoms with Crippen LogP contribution in [0.5, 0.6) is 5.75 Å². The SMILES string of the molecule is NC(N)=[NH+]CCCOc1ccc2ccc(C(=O)NC[C@H](NS(=O)(=O)c3ccccc3)C(=O)O)c(=O)n2c1. The molecule has 0 aliphatic heterocycles. The second-order valence-corrected chi connectivity index (χ2v) is 9.55. The zero-order valence-electron chi connectivity index (χ0n) is 19.6. The van der Waals surface area contributed by atoms with Crippen LogP contribution in [-0.4, -0.2) is 61.5 Å². The van der Waals surface area contributed by atoms with E-state index in [-0.39, 0.29) is 16.4 Å². The Labute approximate surface area is 211 Å². The molecule has 1 aromatic carbocycles. The number of carbonyl (C=O) groups excluding carboxylic acids is 1. The third-order valence-corrected chi connectivity index (χ3v) is 6.59. The van der Waals surface area contributed by atoms with E-state index in [2.05, 4.69) is 10.3 Å². The Morgan fingerprint density at radius 3 is 2.46 bits per heavy atom. The van der Waals surface area contributed by atoms with Crippen LogP contribution >= 0.6 is 0 Å². The Morgan fingerprint density at radius 2 is 1.78 bits per heavy atom. The number of aromatic nitrogens is 1. The molecule has 0 saturated heterocycles. The first kappa shape index (κ1) is 27.2. The van der Waals surface area contributed by atoms with Crippen LogP contribution in [0.3, 0.4) is 0 Å². The molecule has 0 aliphatic carbocycles. The van der Waals surface area contributed by atoms with E-state index in [1.807, 2.05) is 4.72 Å². The summed E-state index contributed by atoms with van der Waals surface area (Å²) in [6, 6.07) is 11.7. The van der Waals surface area contributed by atoms with Crippen molar-refractivity contribution in [2.75, 3.05) is 19.7 Å². The number of nitrogens with one attached hydrogen (secondary N) is 3. The molecule has 0 spiro atoms. The Balaban J connectivity index is 1.70. The summed E-state index contributed by atoms with van der Waals surface area (Å²) in [7, 11) is -4.15. The molecule has 0 aliphatic rings. The molecule has 3 rings (SSSR count). The lowest BCUT2D eigenvalue weighted by Crippen LogP contribution is -2.78. The first-order valence-corrected chi connectivity index (χ1v) is 12.5. The summed E-state index contributed by atoms with van der Waals surface area (Å²) in [6.07, 6.45) is 2.02. The smallest absolute Gasteiger partial charge is 0.338 e. The van der Waals surface area contributed by atoms with Crippen molar-refractivity contribution in [3.8, 4) is 5.75 Å². The van der Waals surface area contributed by atoms with Gasteiger partial charge in [-0.05, 0) is 36.4 Å². The molecule has 0 unspecified atom stereocenters. The number of nitrogens with zero attached hydrogens (tertiary/aromatic N) is 1. The zero-order valence-corrected chi connectivity index (χ0v) is 20.4. The number of ether oxygens (including phenoxy) is 1. The topological polar surface area (TPSA) is 209 Å². The highest BCUT2D eigenvalue weighted by Crippen LogP contribution is 2.13. The van der Waals surface area contributed by atoms with Crippen LogP contribution in [0.2, 0.25) is 0 Å². The fourth-order valence-corrected chi connectivity index (χ4v) is 4.46. The molecule has 14 heteroatoms. The molecule has 37 heavy (non-hydrogen) atoms. The quantitative estimate of drug-likeness (QED) is 0.0833. The Bertz CT molecular complexity index is 1470. The number of aliphatic carboxylic acids is 1. The van der Waals surface area contributed by atoms with Crippen molar-refractivity contribution >= 4 is 33.4 Å². The van der Waals surface area contributed by atoms with Gasteiger partial charge in [-0.15, -0.1) is 0 Å². The summed E-state index contributed by atoms with van der Waals surface area (Å²) >= 11 is 0. The van der Waals surface area contributed by atoms with Gasteiger partial charge in [0.25, 0.3) is 11.5 Å². The number of carboxylic acid groups (broad SMARTS) is 1. The van der Waals surface area contributed by atoms with Crippen LogP contribution in [0.15, 0.2) is 70.5 Å². The maximum atomic E-state index is 12.9. The van der Waals surface area contributed by atoms with Crippen LogP contribution in [-0.2, 0) is 14.8 Å². The van der Waals surface area contributed by atoms with E-state index in [0.717, 1.165) is 0 Å². The summed E-state index contributed by atoms with van der Waals surface area (Å²) in [5, 5.41) is 11.8. The van der Waals surface area contributed by atoms with E-state index in [1.54, 1.807) is 18.2 Å². The van der Waals surface area contributed by atoms with Crippen LogP contribution < -0.4 is 36.8 Å². The summed E-state index contributed by atoms with van der Waals surface area (Å²) < 4.78 is 33.8. The number of hydrogen-bond acceptors (Lipinski definition) is 6. The standard InChI is InChI=1S/C23H26N6O7S/c24-23(25)26-11-4-12-36-16-9-7-15-8-10-18(21(31)29(15)14-16)20(30)27-13-19(22(32)33)28-37(34,35)17-5-2-1-3-6-17/h1-3,5-10,14,19,28H,4,11-13H2,(H,27,30)(H,32,33)(H4,24,25,26)/p+1/t19-/m0/s1. The third kappa shape index (κ3) is 7.28. The third-order valence-electron chi connectivity index (χ3n) is 5.10. The first-order chi connectivity index (χ1) is 17.6. The molecular formula is C23H27N6O7S+. The second-order valence-electron chi connectivity index (χ2n) is 7.83. The summed E-state index contributed by atoms with van der Waals surface area (Å²) in [5.74, 6) is -1.87. The van der Waals surface area contributed by atoms with Crippen molar-refractivity contribution in [3.63, 3.8) is 0 Å². The minimum absolute atomic E-state index is 0.103. The number of amides is 1. The predicted molar refractivity (Wildman–Crippen MR) is 134 cm³/mol. The lowest BCUT2D eigenvalue weighted by atomic mass is 10.2. The molecule has 13 nitrogen and oxygen atoms in total. The summed E-state index contributed by atoms with van der Waals surface area (Å²) in [4.78, 5) is 39.9.